The summed E-state index contributed by atoms with van der Waals surface area (Å²) in [5.74, 6) is 0.566. The van der Waals surface area contributed by atoms with Gasteiger partial charge in [0.2, 0.25) is 0 Å². The number of hydrogen-bond donors (Lipinski definition) is 0. The van der Waals surface area contributed by atoms with Crippen molar-refractivity contribution in [1.29, 1.82) is 0 Å². The zero-order chi connectivity index (χ0) is 25.0. The summed E-state index contributed by atoms with van der Waals surface area (Å²) in [6.07, 6.45) is 5.19. The molecule has 3 aromatic rings. The first-order valence-electron chi connectivity index (χ1n) is 11.4. The van der Waals surface area contributed by atoms with Gasteiger partial charge >= 0.3 is 0 Å². The zero-order valence-electron chi connectivity index (χ0n) is 20.7. The number of benzene rings is 2. The van der Waals surface area contributed by atoms with Crippen LogP contribution in [0, 0.1) is 0 Å². The molecule has 4 rings (SSSR count). The van der Waals surface area contributed by atoms with Crippen LogP contribution in [0.2, 0.25) is 0 Å². The first-order valence-corrected chi connectivity index (χ1v) is 12.2. The Balaban J connectivity index is 1.57. The van der Waals surface area contributed by atoms with Crippen molar-refractivity contribution >= 4 is 40.8 Å². The maximum Gasteiger partial charge on any atom is 0.267 e. The Morgan fingerprint density at radius 3 is 2.29 bits per heavy atom. The summed E-state index contributed by atoms with van der Waals surface area (Å²) in [6, 6.07) is 20.0. The fourth-order valence-corrected chi connectivity index (χ4v) is 4.45. The molecule has 2 aromatic carbocycles. The average Bonchev–Trinajstić information content (AvgIpc) is 3.43. The molecule has 0 spiro atoms. The van der Waals surface area contributed by atoms with Crippen LogP contribution in [0.15, 0.2) is 86.5 Å². The van der Waals surface area contributed by atoms with Crippen LogP contribution in [0.4, 0.5) is 5.69 Å². The standard InChI is InChI=1S/C28H30N4O2S/c1-28(2,3)22-12-8-21(9-13-22)18-29-30-27-32(19-24-7-6-16-34-24)26(33)25(35-27)17-20-10-14-23(15-11-20)31(4)5/h6-18H,19H2,1-5H3/b25-17-,29-18+,30-27-. The zero-order valence-corrected chi connectivity index (χ0v) is 21.5. The summed E-state index contributed by atoms with van der Waals surface area (Å²) in [5.41, 5.74) is 4.36. The van der Waals surface area contributed by atoms with Crippen molar-refractivity contribution in [2.75, 3.05) is 19.0 Å². The third-order valence-corrected chi connectivity index (χ3v) is 6.61. The summed E-state index contributed by atoms with van der Waals surface area (Å²) < 4.78 is 5.47. The van der Waals surface area contributed by atoms with Crippen LogP contribution < -0.4 is 4.90 Å². The van der Waals surface area contributed by atoms with Crippen LogP contribution >= 0.6 is 11.8 Å². The molecule has 1 aromatic heterocycles. The van der Waals surface area contributed by atoms with Crippen LogP contribution in [0.25, 0.3) is 6.08 Å². The second kappa shape index (κ2) is 10.4. The molecule has 0 atom stereocenters. The molecular formula is C28H30N4O2S. The van der Waals surface area contributed by atoms with Crippen LogP contribution in [-0.2, 0) is 16.8 Å². The predicted molar refractivity (Wildman–Crippen MR) is 146 cm³/mol. The molecule has 0 aliphatic carbocycles. The van der Waals surface area contributed by atoms with Gasteiger partial charge in [0.05, 0.1) is 23.9 Å². The van der Waals surface area contributed by atoms with E-state index in [1.165, 1.54) is 17.3 Å². The number of nitrogens with zero attached hydrogens (tertiary/aromatic N) is 4. The Morgan fingerprint density at radius 2 is 1.69 bits per heavy atom. The highest BCUT2D eigenvalue weighted by atomic mass is 32.2. The number of thioether (sulfide) groups is 1. The number of rotatable bonds is 6. The van der Waals surface area contributed by atoms with Crippen molar-refractivity contribution in [3.8, 4) is 0 Å². The van der Waals surface area contributed by atoms with Crippen molar-refractivity contribution in [1.82, 2.24) is 4.90 Å². The second-order valence-corrected chi connectivity index (χ2v) is 10.6. The smallest absolute Gasteiger partial charge is 0.267 e. The van der Waals surface area contributed by atoms with E-state index in [2.05, 4.69) is 43.1 Å². The monoisotopic (exact) mass is 486 g/mol. The summed E-state index contributed by atoms with van der Waals surface area (Å²) in [5, 5.41) is 9.20. The highest BCUT2D eigenvalue weighted by Crippen LogP contribution is 2.34. The molecule has 0 N–H and O–H groups in total. The Kier molecular flexibility index (Phi) is 7.26. The maximum absolute atomic E-state index is 13.2. The SMILES string of the molecule is CN(C)c1ccc(/C=C2\S/C(=N\N=C\c3ccc(C(C)(C)C)cc3)N(Cc3ccco3)C2=O)cc1. The first kappa shape index (κ1) is 24.5. The molecule has 35 heavy (non-hydrogen) atoms. The third kappa shape index (κ3) is 6.11. The maximum atomic E-state index is 13.2. The van der Waals surface area contributed by atoms with E-state index in [0.717, 1.165) is 16.8 Å². The number of furan rings is 1. The molecule has 6 nitrogen and oxygen atoms in total. The molecule has 180 valence electrons. The Bertz CT molecular complexity index is 1250. The van der Waals surface area contributed by atoms with Gasteiger partial charge in [0, 0.05) is 19.8 Å². The van der Waals surface area contributed by atoms with E-state index in [-0.39, 0.29) is 11.3 Å². The van der Waals surface area contributed by atoms with Gasteiger partial charge in [-0.3, -0.25) is 9.69 Å². The number of amidine groups is 1. The Labute approximate surface area is 211 Å². The summed E-state index contributed by atoms with van der Waals surface area (Å²) in [7, 11) is 4.00. The van der Waals surface area contributed by atoms with Gasteiger partial charge in [-0.1, -0.05) is 57.2 Å². The molecule has 0 bridgehead atoms. The number of hydrogen-bond acceptors (Lipinski definition) is 6. The number of carbonyl (C=O) groups excluding carboxylic acids is 1. The van der Waals surface area contributed by atoms with Gasteiger partial charge in [-0.2, -0.15) is 5.10 Å². The minimum absolute atomic E-state index is 0.0959. The third-order valence-electron chi connectivity index (χ3n) is 5.62. The molecule has 0 unspecified atom stereocenters. The van der Waals surface area contributed by atoms with E-state index in [1.54, 1.807) is 17.4 Å². The number of anilines is 1. The van der Waals surface area contributed by atoms with Crippen molar-refractivity contribution in [3.05, 3.63) is 94.3 Å². The van der Waals surface area contributed by atoms with Crippen molar-refractivity contribution in [2.45, 2.75) is 32.7 Å². The van der Waals surface area contributed by atoms with Crippen LogP contribution in [0.5, 0.6) is 0 Å². The highest BCUT2D eigenvalue weighted by Gasteiger charge is 2.34. The Morgan fingerprint density at radius 1 is 1.00 bits per heavy atom. The topological polar surface area (TPSA) is 61.4 Å². The second-order valence-electron chi connectivity index (χ2n) is 9.57. The average molecular weight is 487 g/mol. The lowest BCUT2D eigenvalue weighted by Crippen LogP contribution is -2.28. The van der Waals surface area contributed by atoms with Crippen LogP contribution in [-0.4, -0.2) is 36.3 Å². The first-order chi connectivity index (χ1) is 16.7. The molecule has 7 heteroatoms. The lowest BCUT2D eigenvalue weighted by atomic mass is 9.87. The number of amides is 1. The van der Waals surface area contributed by atoms with E-state index < -0.39 is 0 Å². The van der Waals surface area contributed by atoms with Gasteiger partial charge in [-0.05, 0) is 64.2 Å². The van der Waals surface area contributed by atoms with E-state index >= 15 is 0 Å². The fraction of sp³-hybridized carbons (Fsp3) is 0.250. The molecule has 2 heterocycles. The number of carbonyl (C=O) groups is 1. The Hall–Kier alpha value is -3.58. The van der Waals surface area contributed by atoms with Gasteiger partial charge in [-0.15, -0.1) is 5.10 Å². The van der Waals surface area contributed by atoms with Gasteiger partial charge in [0.1, 0.15) is 5.76 Å². The lowest BCUT2D eigenvalue weighted by Gasteiger charge is -2.18. The van der Waals surface area contributed by atoms with Crippen molar-refractivity contribution in [3.63, 3.8) is 0 Å². The minimum atomic E-state index is -0.119. The van der Waals surface area contributed by atoms with Crippen molar-refractivity contribution < 1.29 is 9.21 Å². The van der Waals surface area contributed by atoms with Gasteiger partial charge < -0.3 is 9.32 Å². The minimum Gasteiger partial charge on any atom is -0.467 e. The van der Waals surface area contributed by atoms with Crippen LogP contribution in [0.3, 0.4) is 0 Å². The van der Waals surface area contributed by atoms with Crippen LogP contribution in [0.1, 0.15) is 43.2 Å². The van der Waals surface area contributed by atoms with E-state index in [0.29, 0.717) is 22.4 Å². The molecule has 1 saturated heterocycles. The van der Waals surface area contributed by atoms with Gasteiger partial charge in [0.25, 0.3) is 5.91 Å². The van der Waals surface area contributed by atoms with E-state index in [1.807, 2.05) is 73.6 Å². The van der Waals surface area contributed by atoms with Gasteiger partial charge in [-0.25, -0.2) is 0 Å². The quantitative estimate of drug-likeness (QED) is 0.238. The summed E-state index contributed by atoms with van der Waals surface area (Å²) in [6.45, 7) is 6.85. The van der Waals surface area contributed by atoms with E-state index in [4.69, 9.17) is 4.42 Å². The van der Waals surface area contributed by atoms with E-state index in [9.17, 15) is 4.79 Å². The highest BCUT2D eigenvalue weighted by molar-refractivity contribution is 8.18. The van der Waals surface area contributed by atoms with Gasteiger partial charge in [0.15, 0.2) is 5.17 Å². The molecule has 1 aliphatic rings. The summed E-state index contributed by atoms with van der Waals surface area (Å²) >= 11 is 1.32. The lowest BCUT2D eigenvalue weighted by molar-refractivity contribution is -0.122. The molecule has 1 aliphatic heterocycles. The molecule has 0 radical (unpaired) electrons. The fourth-order valence-electron chi connectivity index (χ4n) is 3.51. The molecule has 1 fully saturated rings. The summed E-state index contributed by atoms with van der Waals surface area (Å²) in [4.78, 5) is 17.5. The van der Waals surface area contributed by atoms with Crippen molar-refractivity contribution in [2.24, 2.45) is 10.2 Å². The molecular weight excluding hydrogens is 456 g/mol. The molecule has 0 saturated carbocycles. The molecule has 1 amide bonds. The predicted octanol–water partition coefficient (Wildman–Crippen LogP) is 6.15. The normalized spacial score (nSPS) is 16.7. The largest absolute Gasteiger partial charge is 0.467 e.